The van der Waals surface area contributed by atoms with E-state index in [4.69, 9.17) is 13.8 Å². The maximum atomic E-state index is 13.1. The van der Waals surface area contributed by atoms with Crippen molar-refractivity contribution in [2.24, 2.45) is 0 Å². The summed E-state index contributed by atoms with van der Waals surface area (Å²) in [6.45, 7) is 4.46. The molecule has 1 fully saturated rings. The van der Waals surface area contributed by atoms with Crippen LogP contribution in [0, 0.1) is 13.8 Å². The Kier molecular flexibility index (Phi) is 4.43. The SMILES string of the molecule is COc1ccccc1-c1cc(C(=O)N2CCC[C@H]2c2c(C)noc2C)no1. The van der Waals surface area contributed by atoms with Crippen LogP contribution < -0.4 is 4.74 Å². The fraction of sp³-hybridized carbons (Fsp3) is 0.350. The summed E-state index contributed by atoms with van der Waals surface area (Å²) in [5, 5.41) is 8.04. The van der Waals surface area contributed by atoms with Crippen LogP contribution in [0.5, 0.6) is 5.75 Å². The minimum absolute atomic E-state index is 0.0461. The molecule has 0 saturated carbocycles. The summed E-state index contributed by atoms with van der Waals surface area (Å²) < 4.78 is 16.1. The number of carbonyl (C=O) groups excluding carboxylic acids is 1. The molecule has 4 rings (SSSR count). The van der Waals surface area contributed by atoms with Gasteiger partial charge in [-0.3, -0.25) is 4.79 Å². The molecular weight excluding hydrogens is 346 g/mol. The number of methoxy groups -OCH3 is 1. The van der Waals surface area contributed by atoms with Gasteiger partial charge >= 0.3 is 0 Å². The van der Waals surface area contributed by atoms with E-state index in [1.54, 1.807) is 13.2 Å². The fourth-order valence-corrected chi connectivity index (χ4v) is 3.77. The molecular formula is C20H21N3O4. The van der Waals surface area contributed by atoms with Crippen molar-refractivity contribution in [3.8, 4) is 17.1 Å². The molecule has 7 heteroatoms. The molecule has 0 bridgehead atoms. The molecule has 1 aliphatic heterocycles. The van der Waals surface area contributed by atoms with E-state index in [-0.39, 0.29) is 17.6 Å². The number of hydrogen-bond acceptors (Lipinski definition) is 6. The Bertz CT molecular complexity index is 956. The number of ether oxygens (including phenoxy) is 1. The van der Waals surface area contributed by atoms with Crippen molar-refractivity contribution in [1.29, 1.82) is 0 Å². The molecule has 7 nitrogen and oxygen atoms in total. The van der Waals surface area contributed by atoms with Crippen molar-refractivity contribution in [2.45, 2.75) is 32.7 Å². The zero-order valence-corrected chi connectivity index (χ0v) is 15.6. The lowest BCUT2D eigenvalue weighted by molar-refractivity contribution is 0.0724. The Hall–Kier alpha value is -3.09. The fourth-order valence-electron chi connectivity index (χ4n) is 3.77. The smallest absolute Gasteiger partial charge is 0.276 e. The zero-order valence-electron chi connectivity index (χ0n) is 15.6. The summed E-state index contributed by atoms with van der Waals surface area (Å²) in [5.41, 5.74) is 2.87. The van der Waals surface area contributed by atoms with Gasteiger partial charge in [-0.25, -0.2) is 0 Å². The van der Waals surface area contributed by atoms with Crippen LogP contribution in [0.15, 0.2) is 39.4 Å². The number of nitrogens with zero attached hydrogens (tertiary/aromatic N) is 3. The summed E-state index contributed by atoms with van der Waals surface area (Å²) in [7, 11) is 1.60. The van der Waals surface area contributed by atoms with Crippen molar-refractivity contribution < 1.29 is 18.6 Å². The lowest BCUT2D eigenvalue weighted by Crippen LogP contribution is -2.31. The summed E-state index contributed by atoms with van der Waals surface area (Å²) in [6.07, 6.45) is 1.81. The molecule has 2 aromatic heterocycles. The lowest BCUT2D eigenvalue weighted by atomic mass is 10.0. The molecule has 3 aromatic rings. The number of rotatable bonds is 4. The van der Waals surface area contributed by atoms with Crippen molar-refractivity contribution in [3.63, 3.8) is 0 Å². The third-order valence-corrected chi connectivity index (χ3v) is 5.04. The van der Waals surface area contributed by atoms with Gasteiger partial charge in [-0.2, -0.15) is 0 Å². The molecule has 0 N–H and O–H groups in total. The summed E-state index contributed by atoms with van der Waals surface area (Å²) >= 11 is 0. The second kappa shape index (κ2) is 6.90. The molecule has 1 aliphatic rings. The van der Waals surface area contributed by atoms with Crippen molar-refractivity contribution in [3.05, 3.63) is 53.0 Å². The molecule has 0 unspecified atom stereocenters. The molecule has 1 amide bonds. The second-order valence-electron chi connectivity index (χ2n) is 6.67. The number of para-hydroxylation sites is 1. The molecule has 0 aliphatic carbocycles. The summed E-state index contributed by atoms with van der Waals surface area (Å²) in [6, 6.07) is 9.10. The first-order valence-electron chi connectivity index (χ1n) is 8.94. The molecule has 1 atom stereocenters. The van der Waals surface area contributed by atoms with Gasteiger partial charge in [-0.05, 0) is 38.8 Å². The van der Waals surface area contributed by atoms with E-state index >= 15 is 0 Å². The van der Waals surface area contributed by atoms with Crippen LogP contribution in [0.25, 0.3) is 11.3 Å². The van der Waals surface area contributed by atoms with Gasteiger partial charge in [0.05, 0.1) is 24.4 Å². The Morgan fingerprint density at radius 3 is 2.78 bits per heavy atom. The van der Waals surface area contributed by atoms with E-state index < -0.39 is 0 Å². The van der Waals surface area contributed by atoms with E-state index in [1.165, 1.54) is 0 Å². The van der Waals surface area contributed by atoms with Gasteiger partial charge in [-0.1, -0.05) is 22.4 Å². The van der Waals surface area contributed by atoms with Crippen molar-refractivity contribution >= 4 is 5.91 Å². The molecule has 140 valence electrons. The Balaban J connectivity index is 1.63. The van der Waals surface area contributed by atoms with Gasteiger partial charge in [0.15, 0.2) is 11.5 Å². The maximum absolute atomic E-state index is 13.1. The first-order valence-corrected chi connectivity index (χ1v) is 8.94. The Labute approximate surface area is 156 Å². The molecule has 27 heavy (non-hydrogen) atoms. The van der Waals surface area contributed by atoms with E-state index in [0.29, 0.717) is 18.1 Å². The van der Waals surface area contributed by atoms with Crippen LogP contribution in [-0.4, -0.2) is 34.8 Å². The average Bonchev–Trinajstić information content (AvgIpc) is 3.41. The van der Waals surface area contributed by atoms with Crippen LogP contribution in [0.3, 0.4) is 0 Å². The van der Waals surface area contributed by atoms with Gasteiger partial charge < -0.3 is 18.7 Å². The summed E-state index contributed by atoms with van der Waals surface area (Å²) in [4.78, 5) is 14.9. The first kappa shape index (κ1) is 17.3. The standard InChI is InChI=1S/C20H21N3O4/c1-12-19(13(2)26-21-12)16-8-6-10-23(16)20(24)15-11-18(27-22-15)14-7-4-5-9-17(14)25-3/h4-5,7,9,11,16H,6,8,10H2,1-3H3/t16-/m0/s1. The van der Waals surface area contributed by atoms with Crippen LogP contribution in [0.4, 0.5) is 0 Å². The van der Waals surface area contributed by atoms with E-state index in [0.717, 1.165) is 35.4 Å². The highest BCUT2D eigenvalue weighted by molar-refractivity contribution is 5.93. The first-order chi connectivity index (χ1) is 13.1. The van der Waals surface area contributed by atoms with Crippen LogP contribution in [-0.2, 0) is 0 Å². The number of benzene rings is 1. The van der Waals surface area contributed by atoms with Gasteiger partial charge in [-0.15, -0.1) is 0 Å². The molecule has 1 aromatic carbocycles. The quantitative estimate of drug-likeness (QED) is 0.695. The third kappa shape index (κ3) is 2.99. The molecule has 1 saturated heterocycles. The largest absolute Gasteiger partial charge is 0.496 e. The maximum Gasteiger partial charge on any atom is 0.276 e. The molecule has 0 radical (unpaired) electrons. The van der Waals surface area contributed by atoms with Crippen molar-refractivity contribution in [2.75, 3.05) is 13.7 Å². The number of carbonyl (C=O) groups is 1. The minimum Gasteiger partial charge on any atom is -0.496 e. The highest BCUT2D eigenvalue weighted by atomic mass is 16.5. The summed E-state index contributed by atoms with van der Waals surface area (Å²) in [5.74, 6) is 1.78. The zero-order chi connectivity index (χ0) is 19.0. The number of aryl methyl sites for hydroxylation is 2. The number of likely N-dealkylation sites (tertiary alicyclic amines) is 1. The topological polar surface area (TPSA) is 81.6 Å². The van der Waals surface area contributed by atoms with E-state index in [9.17, 15) is 4.79 Å². The minimum atomic E-state index is -0.151. The Morgan fingerprint density at radius 1 is 1.22 bits per heavy atom. The van der Waals surface area contributed by atoms with Gasteiger partial charge in [0.25, 0.3) is 5.91 Å². The van der Waals surface area contributed by atoms with Gasteiger partial charge in [0.1, 0.15) is 11.5 Å². The van der Waals surface area contributed by atoms with Crippen LogP contribution in [0.1, 0.15) is 46.4 Å². The molecule has 3 heterocycles. The van der Waals surface area contributed by atoms with Crippen LogP contribution >= 0.6 is 0 Å². The van der Waals surface area contributed by atoms with Crippen molar-refractivity contribution in [1.82, 2.24) is 15.2 Å². The van der Waals surface area contributed by atoms with E-state index in [1.807, 2.05) is 43.0 Å². The third-order valence-electron chi connectivity index (χ3n) is 5.04. The van der Waals surface area contributed by atoms with Crippen LogP contribution in [0.2, 0.25) is 0 Å². The number of amides is 1. The molecule has 0 spiro atoms. The number of aromatic nitrogens is 2. The second-order valence-corrected chi connectivity index (χ2v) is 6.67. The van der Waals surface area contributed by atoms with Gasteiger partial charge in [0.2, 0.25) is 0 Å². The highest BCUT2D eigenvalue weighted by Crippen LogP contribution is 2.37. The highest BCUT2D eigenvalue weighted by Gasteiger charge is 2.35. The van der Waals surface area contributed by atoms with E-state index in [2.05, 4.69) is 10.3 Å². The monoisotopic (exact) mass is 367 g/mol. The average molecular weight is 367 g/mol. The normalized spacial score (nSPS) is 16.7. The number of hydrogen-bond donors (Lipinski definition) is 0. The predicted octanol–water partition coefficient (Wildman–Crippen LogP) is 3.93. The Morgan fingerprint density at radius 2 is 2.04 bits per heavy atom. The lowest BCUT2D eigenvalue weighted by Gasteiger charge is -2.23. The predicted molar refractivity (Wildman–Crippen MR) is 97.5 cm³/mol. The van der Waals surface area contributed by atoms with Gasteiger partial charge in [0, 0.05) is 18.2 Å².